The van der Waals surface area contributed by atoms with Crippen LogP contribution in [0.1, 0.15) is 82.6 Å². The molecular formula is C27H43N5O. The molecule has 2 aromatic rings. The molecule has 0 saturated carbocycles. The molecule has 182 valence electrons. The van der Waals surface area contributed by atoms with Gasteiger partial charge in [-0.3, -0.25) is 9.48 Å². The molecule has 33 heavy (non-hydrogen) atoms. The Morgan fingerprint density at radius 1 is 0.970 bits per heavy atom. The number of amides is 1. The summed E-state index contributed by atoms with van der Waals surface area (Å²) in [4.78, 5) is 21.0. The zero-order chi connectivity index (χ0) is 23.2. The Balaban J connectivity index is 1.70. The topological polar surface area (TPSA) is 44.6 Å². The van der Waals surface area contributed by atoms with Crippen molar-refractivity contribution in [1.82, 2.24) is 19.6 Å². The summed E-state index contributed by atoms with van der Waals surface area (Å²) in [7, 11) is 0. The minimum atomic E-state index is 0.134. The van der Waals surface area contributed by atoms with Crippen molar-refractivity contribution >= 4 is 22.5 Å². The maximum Gasteiger partial charge on any atom is 0.275 e. The molecule has 3 aliphatic heterocycles. The van der Waals surface area contributed by atoms with Crippen molar-refractivity contribution in [3.63, 3.8) is 0 Å². The fraction of sp³-hybridized carbons (Fsp3) is 0.704. The van der Waals surface area contributed by atoms with Crippen LogP contribution in [-0.2, 0) is 6.54 Å². The number of carbonyl (C=O) groups is 1. The van der Waals surface area contributed by atoms with E-state index in [1.807, 2.05) is 0 Å². The first-order valence-electron chi connectivity index (χ1n) is 13.4. The quantitative estimate of drug-likeness (QED) is 0.471. The summed E-state index contributed by atoms with van der Waals surface area (Å²) in [6.45, 7) is 13.8. The minimum Gasteiger partial charge on any atom is -0.372 e. The number of aromatic nitrogens is 2. The number of rotatable bonds is 11. The molecule has 3 fully saturated rings. The van der Waals surface area contributed by atoms with Gasteiger partial charge in [-0.25, -0.2) is 0 Å². The van der Waals surface area contributed by atoms with E-state index in [9.17, 15) is 4.79 Å². The van der Waals surface area contributed by atoms with E-state index >= 15 is 0 Å². The second-order valence-electron chi connectivity index (χ2n) is 9.89. The van der Waals surface area contributed by atoms with Gasteiger partial charge in [0, 0.05) is 62.9 Å². The highest BCUT2D eigenvalue weighted by Gasteiger charge is 2.34. The predicted molar refractivity (Wildman–Crippen MR) is 137 cm³/mol. The van der Waals surface area contributed by atoms with Crippen LogP contribution >= 0.6 is 0 Å². The van der Waals surface area contributed by atoms with Crippen molar-refractivity contribution in [3.05, 3.63) is 23.9 Å². The summed E-state index contributed by atoms with van der Waals surface area (Å²) >= 11 is 0. The number of carbonyl (C=O) groups excluding carboxylic acids is 1. The third kappa shape index (κ3) is 5.37. The first-order valence-corrected chi connectivity index (χ1v) is 13.4. The summed E-state index contributed by atoms with van der Waals surface area (Å²) < 4.78 is 2.08. The molecule has 1 amide bonds. The monoisotopic (exact) mass is 453 g/mol. The van der Waals surface area contributed by atoms with Gasteiger partial charge in [0.1, 0.15) is 0 Å². The predicted octanol–water partition coefficient (Wildman–Crippen LogP) is 5.16. The lowest BCUT2D eigenvalue weighted by Gasteiger charge is -2.31. The number of aryl methyl sites for hydroxylation is 1. The van der Waals surface area contributed by atoms with Crippen LogP contribution < -0.4 is 4.90 Å². The standard InChI is InChI=1S/C27H43N5O/c1-4-7-14-30(15-8-5-2)23-10-11-25-24(21-23)26(28-32(25)16-9-6-3)27(33)31-20-19-29-17-12-22(31)13-18-29/h10-11,21-22H,4-9,12-20H2,1-3H3. The van der Waals surface area contributed by atoms with Gasteiger partial charge in [-0.15, -0.1) is 0 Å². The average Bonchev–Trinajstić information content (AvgIpc) is 2.96. The number of hydrogen-bond acceptors (Lipinski definition) is 4. The molecule has 6 nitrogen and oxygen atoms in total. The van der Waals surface area contributed by atoms with E-state index in [4.69, 9.17) is 5.10 Å². The van der Waals surface area contributed by atoms with Gasteiger partial charge < -0.3 is 14.7 Å². The van der Waals surface area contributed by atoms with Crippen LogP contribution in [0.5, 0.6) is 0 Å². The Bertz CT molecular complexity index is 907. The number of unbranched alkanes of at least 4 members (excludes halogenated alkanes) is 3. The van der Waals surface area contributed by atoms with Gasteiger partial charge in [0.05, 0.1) is 5.52 Å². The molecule has 0 atom stereocenters. The van der Waals surface area contributed by atoms with Crippen molar-refractivity contribution < 1.29 is 4.79 Å². The molecule has 0 unspecified atom stereocenters. The number of anilines is 1. The van der Waals surface area contributed by atoms with E-state index in [1.165, 1.54) is 31.4 Å². The maximum absolute atomic E-state index is 13.9. The van der Waals surface area contributed by atoms with E-state index in [0.717, 1.165) is 82.4 Å². The molecule has 1 aromatic heterocycles. The summed E-state index contributed by atoms with van der Waals surface area (Å²) in [6.07, 6.45) is 9.14. The second kappa shape index (κ2) is 11.4. The third-order valence-corrected chi connectivity index (χ3v) is 7.50. The third-order valence-electron chi connectivity index (χ3n) is 7.50. The lowest BCUT2D eigenvalue weighted by Crippen LogP contribution is -2.41. The number of benzene rings is 1. The van der Waals surface area contributed by atoms with Gasteiger partial charge in [-0.2, -0.15) is 5.10 Å². The molecule has 0 radical (unpaired) electrons. The minimum absolute atomic E-state index is 0.134. The van der Waals surface area contributed by atoms with Gasteiger partial charge in [0.25, 0.3) is 5.91 Å². The Morgan fingerprint density at radius 2 is 1.67 bits per heavy atom. The van der Waals surface area contributed by atoms with Gasteiger partial charge in [-0.1, -0.05) is 40.0 Å². The van der Waals surface area contributed by atoms with Crippen LogP contribution in [0.15, 0.2) is 18.2 Å². The Hall–Kier alpha value is -2.08. The highest BCUT2D eigenvalue weighted by molar-refractivity contribution is 6.06. The van der Waals surface area contributed by atoms with Crippen molar-refractivity contribution in [1.29, 1.82) is 0 Å². The van der Waals surface area contributed by atoms with E-state index in [1.54, 1.807) is 0 Å². The lowest BCUT2D eigenvalue weighted by molar-refractivity contribution is 0.0679. The van der Waals surface area contributed by atoms with E-state index in [-0.39, 0.29) is 5.91 Å². The van der Waals surface area contributed by atoms with E-state index in [0.29, 0.717) is 11.7 Å². The zero-order valence-corrected chi connectivity index (χ0v) is 21.1. The highest BCUT2D eigenvalue weighted by Crippen LogP contribution is 2.29. The smallest absolute Gasteiger partial charge is 0.275 e. The van der Waals surface area contributed by atoms with Crippen LogP contribution in [-0.4, -0.2) is 70.8 Å². The number of nitrogens with zero attached hydrogens (tertiary/aromatic N) is 5. The second-order valence-corrected chi connectivity index (χ2v) is 9.89. The van der Waals surface area contributed by atoms with Crippen LogP contribution in [0.25, 0.3) is 10.9 Å². The van der Waals surface area contributed by atoms with E-state index in [2.05, 4.69) is 58.4 Å². The van der Waals surface area contributed by atoms with Crippen molar-refractivity contribution in [2.24, 2.45) is 0 Å². The highest BCUT2D eigenvalue weighted by atomic mass is 16.2. The zero-order valence-electron chi connectivity index (χ0n) is 21.1. The maximum atomic E-state index is 13.9. The molecular weight excluding hydrogens is 410 g/mol. The molecule has 4 heterocycles. The molecule has 6 heteroatoms. The Kier molecular flexibility index (Phi) is 8.29. The van der Waals surface area contributed by atoms with Gasteiger partial charge >= 0.3 is 0 Å². The molecule has 0 aliphatic carbocycles. The number of hydrogen-bond donors (Lipinski definition) is 0. The summed E-state index contributed by atoms with van der Waals surface area (Å²) in [5, 5.41) is 5.97. The van der Waals surface area contributed by atoms with Crippen LogP contribution in [0, 0.1) is 0 Å². The van der Waals surface area contributed by atoms with Crippen molar-refractivity contribution in [2.75, 3.05) is 44.2 Å². The van der Waals surface area contributed by atoms with Crippen LogP contribution in [0.3, 0.4) is 0 Å². The number of piperidine rings is 1. The SMILES string of the molecule is CCCCN(CCCC)c1ccc2c(c1)c(C(=O)N1CCN3CCC1CC3)nn2CCCC. The fourth-order valence-electron chi connectivity index (χ4n) is 5.36. The fourth-order valence-corrected chi connectivity index (χ4v) is 5.36. The first-order chi connectivity index (χ1) is 16.2. The average molecular weight is 454 g/mol. The van der Waals surface area contributed by atoms with Crippen LogP contribution in [0.4, 0.5) is 5.69 Å². The molecule has 3 aliphatic rings. The summed E-state index contributed by atoms with van der Waals surface area (Å²) in [5.41, 5.74) is 3.00. The molecule has 5 rings (SSSR count). The molecule has 0 N–H and O–H groups in total. The normalized spacial score (nSPS) is 20.4. The van der Waals surface area contributed by atoms with Crippen molar-refractivity contribution in [2.45, 2.75) is 84.7 Å². The molecule has 0 spiro atoms. The largest absolute Gasteiger partial charge is 0.372 e. The van der Waals surface area contributed by atoms with Gasteiger partial charge in [0.15, 0.2) is 5.69 Å². The Labute approximate surface area is 199 Å². The van der Waals surface area contributed by atoms with Crippen molar-refractivity contribution in [3.8, 4) is 0 Å². The Morgan fingerprint density at radius 3 is 2.33 bits per heavy atom. The number of fused-ring (bicyclic) bond motifs is 5. The lowest BCUT2D eigenvalue weighted by atomic mass is 10.0. The summed E-state index contributed by atoms with van der Waals surface area (Å²) in [5.74, 6) is 0.134. The van der Waals surface area contributed by atoms with Gasteiger partial charge in [0.2, 0.25) is 0 Å². The van der Waals surface area contributed by atoms with Crippen LogP contribution in [0.2, 0.25) is 0 Å². The van der Waals surface area contributed by atoms with Gasteiger partial charge in [-0.05, 0) is 50.3 Å². The summed E-state index contributed by atoms with van der Waals surface area (Å²) in [6, 6.07) is 7.06. The molecule has 1 aromatic carbocycles. The van der Waals surface area contributed by atoms with E-state index < -0.39 is 0 Å². The first kappa shape index (κ1) is 24.1. The molecule has 2 bridgehead atoms. The molecule has 3 saturated heterocycles.